The molecule has 5 N–H and O–H groups in total. The number of anilines is 1. The number of aromatic nitrogens is 2. The lowest BCUT2D eigenvalue weighted by molar-refractivity contribution is 0.649. The Hall–Kier alpha value is -2.53. The molecule has 5 nitrogen and oxygen atoms in total. The Balaban J connectivity index is 1.67. The van der Waals surface area contributed by atoms with Crippen LogP contribution in [0.25, 0.3) is 11.0 Å². The van der Waals surface area contributed by atoms with Crippen LogP contribution in [-0.4, -0.2) is 9.97 Å². The van der Waals surface area contributed by atoms with Crippen LogP contribution in [-0.2, 0) is 0 Å². The van der Waals surface area contributed by atoms with E-state index in [0.717, 1.165) is 23.1 Å². The first kappa shape index (κ1) is 12.2. The standard InChI is InChI=1S/C16H16N4O/c17-12-8-14(11-4-2-1-3-10(11)12)18-9-5-6-13-15(7-9)20-16(21)19-13/h1-7,12,14,18H,8,17H2,(H2,19,20,21). The lowest BCUT2D eigenvalue weighted by Crippen LogP contribution is -2.09. The third-order valence-electron chi connectivity index (χ3n) is 4.12. The Kier molecular flexibility index (Phi) is 2.62. The maximum Gasteiger partial charge on any atom is 0.323 e. The molecular formula is C16H16N4O. The second kappa shape index (κ2) is 4.49. The molecule has 0 bridgehead atoms. The lowest BCUT2D eigenvalue weighted by atomic mass is 10.1. The topological polar surface area (TPSA) is 86.7 Å². The average Bonchev–Trinajstić information content (AvgIpc) is 2.99. The van der Waals surface area contributed by atoms with Crippen molar-refractivity contribution in [2.24, 2.45) is 5.73 Å². The number of aromatic amines is 2. The summed E-state index contributed by atoms with van der Waals surface area (Å²) in [5.41, 5.74) is 11.1. The van der Waals surface area contributed by atoms with Crippen LogP contribution in [0.1, 0.15) is 29.6 Å². The van der Waals surface area contributed by atoms with Crippen LogP contribution in [0.4, 0.5) is 5.69 Å². The van der Waals surface area contributed by atoms with Crippen molar-refractivity contribution in [2.75, 3.05) is 5.32 Å². The SMILES string of the molecule is NC1CC(Nc2ccc3[nH]c(=O)[nH]c3c2)c2ccccc21. The summed E-state index contributed by atoms with van der Waals surface area (Å²) in [5.74, 6) is 0. The third kappa shape index (κ3) is 2.02. The molecule has 4 rings (SSSR count). The van der Waals surface area contributed by atoms with Gasteiger partial charge in [-0.2, -0.15) is 0 Å². The summed E-state index contributed by atoms with van der Waals surface area (Å²) >= 11 is 0. The summed E-state index contributed by atoms with van der Waals surface area (Å²) in [4.78, 5) is 16.8. The number of H-pyrrole nitrogens is 2. The molecule has 5 heteroatoms. The molecule has 21 heavy (non-hydrogen) atoms. The van der Waals surface area contributed by atoms with Crippen LogP contribution in [0.15, 0.2) is 47.3 Å². The summed E-state index contributed by atoms with van der Waals surface area (Å²) in [6.07, 6.45) is 0.876. The highest BCUT2D eigenvalue weighted by molar-refractivity contribution is 5.78. The minimum absolute atomic E-state index is 0.0782. The van der Waals surface area contributed by atoms with Crippen LogP contribution >= 0.6 is 0 Å². The molecule has 1 aliphatic rings. The molecule has 106 valence electrons. The van der Waals surface area contributed by atoms with E-state index in [1.54, 1.807) is 0 Å². The predicted molar refractivity (Wildman–Crippen MR) is 83.3 cm³/mol. The summed E-state index contributed by atoms with van der Waals surface area (Å²) in [6.45, 7) is 0. The molecule has 0 radical (unpaired) electrons. The Labute approximate surface area is 121 Å². The van der Waals surface area contributed by atoms with Gasteiger partial charge in [0.1, 0.15) is 0 Å². The molecule has 3 aromatic rings. The molecule has 1 aliphatic carbocycles. The quantitative estimate of drug-likeness (QED) is 0.581. The largest absolute Gasteiger partial charge is 0.378 e. The second-order valence-electron chi connectivity index (χ2n) is 5.51. The zero-order valence-electron chi connectivity index (χ0n) is 11.4. The van der Waals surface area contributed by atoms with Gasteiger partial charge in [0, 0.05) is 11.7 Å². The minimum Gasteiger partial charge on any atom is -0.378 e. The van der Waals surface area contributed by atoms with Crippen molar-refractivity contribution in [1.29, 1.82) is 0 Å². The van der Waals surface area contributed by atoms with Gasteiger partial charge in [-0.1, -0.05) is 24.3 Å². The van der Waals surface area contributed by atoms with Crippen molar-refractivity contribution in [3.63, 3.8) is 0 Å². The van der Waals surface area contributed by atoms with Gasteiger partial charge in [-0.05, 0) is 35.7 Å². The molecule has 2 aromatic carbocycles. The number of hydrogen-bond acceptors (Lipinski definition) is 3. The molecule has 0 spiro atoms. The zero-order valence-corrected chi connectivity index (χ0v) is 11.4. The molecule has 0 saturated carbocycles. The smallest absolute Gasteiger partial charge is 0.323 e. The Morgan fingerprint density at radius 1 is 1.05 bits per heavy atom. The van der Waals surface area contributed by atoms with E-state index in [1.807, 2.05) is 30.3 Å². The normalized spacial score (nSPS) is 20.6. The van der Waals surface area contributed by atoms with Gasteiger partial charge in [0.15, 0.2) is 0 Å². The maximum atomic E-state index is 11.3. The number of fused-ring (bicyclic) bond motifs is 2. The van der Waals surface area contributed by atoms with E-state index in [9.17, 15) is 4.79 Å². The molecule has 2 unspecified atom stereocenters. The monoisotopic (exact) mass is 280 g/mol. The second-order valence-corrected chi connectivity index (χ2v) is 5.51. The number of nitrogens with one attached hydrogen (secondary N) is 3. The van der Waals surface area contributed by atoms with Crippen molar-refractivity contribution in [2.45, 2.75) is 18.5 Å². The number of hydrogen-bond donors (Lipinski definition) is 4. The van der Waals surface area contributed by atoms with Crippen molar-refractivity contribution >= 4 is 16.7 Å². The van der Waals surface area contributed by atoms with Gasteiger partial charge in [0.2, 0.25) is 0 Å². The van der Waals surface area contributed by atoms with E-state index < -0.39 is 0 Å². The average molecular weight is 280 g/mol. The van der Waals surface area contributed by atoms with Gasteiger partial charge in [-0.15, -0.1) is 0 Å². The fourth-order valence-electron chi connectivity index (χ4n) is 3.13. The van der Waals surface area contributed by atoms with E-state index in [0.29, 0.717) is 0 Å². The van der Waals surface area contributed by atoms with E-state index in [2.05, 4.69) is 27.4 Å². The van der Waals surface area contributed by atoms with Gasteiger partial charge in [-0.25, -0.2) is 4.79 Å². The summed E-state index contributed by atoms with van der Waals surface area (Å²) < 4.78 is 0. The minimum atomic E-state index is -0.185. The van der Waals surface area contributed by atoms with E-state index in [-0.39, 0.29) is 17.8 Å². The van der Waals surface area contributed by atoms with Crippen LogP contribution in [0.5, 0.6) is 0 Å². The lowest BCUT2D eigenvalue weighted by Gasteiger charge is -2.15. The van der Waals surface area contributed by atoms with Crippen molar-refractivity contribution in [3.05, 3.63) is 64.1 Å². The fraction of sp³-hybridized carbons (Fsp3) is 0.188. The molecule has 1 aromatic heterocycles. The highest BCUT2D eigenvalue weighted by Crippen LogP contribution is 2.39. The van der Waals surface area contributed by atoms with Crippen LogP contribution in [0.3, 0.4) is 0 Å². The van der Waals surface area contributed by atoms with Crippen LogP contribution in [0.2, 0.25) is 0 Å². The van der Waals surface area contributed by atoms with Crippen molar-refractivity contribution in [3.8, 4) is 0 Å². The highest BCUT2D eigenvalue weighted by Gasteiger charge is 2.27. The fourth-order valence-corrected chi connectivity index (χ4v) is 3.13. The summed E-state index contributed by atoms with van der Waals surface area (Å²) in [6, 6.07) is 14.4. The molecule has 1 heterocycles. The van der Waals surface area contributed by atoms with Crippen LogP contribution < -0.4 is 16.7 Å². The molecular weight excluding hydrogens is 264 g/mol. The third-order valence-corrected chi connectivity index (χ3v) is 4.12. The number of rotatable bonds is 2. The Bertz CT molecular complexity index is 864. The first-order valence-electron chi connectivity index (χ1n) is 7.04. The van der Waals surface area contributed by atoms with Crippen molar-refractivity contribution < 1.29 is 0 Å². The molecule has 2 atom stereocenters. The number of benzene rings is 2. The number of nitrogens with two attached hydrogens (primary N) is 1. The summed E-state index contributed by atoms with van der Waals surface area (Å²) in [5, 5.41) is 3.51. The first-order valence-corrected chi connectivity index (χ1v) is 7.04. The van der Waals surface area contributed by atoms with Crippen molar-refractivity contribution in [1.82, 2.24) is 9.97 Å². The van der Waals surface area contributed by atoms with E-state index in [4.69, 9.17) is 5.73 Å². The van der Waals surface area contributed by atoms with Crippen LogP contribution in [0, 0.1) is 0 Å². The molecule has 0 aliphatic heterocycles. The Morgan fingerprint density at radius 3 is 2.67 bits per heavy atom. The number of imidazole rings is 1. The molecule has 0 amide bonds. The molecule has 0 saturated heterocycles. The van der Waals surface area contributed by atoms with Gasteiger partial charge in [-0.3, -0.25) is 0 Å². The maximum absolute atomic E-state index is 11.3. The summed E-state index contributed by atoms with van der Waals surface area (Å²) in [7, 11) is 0. The van der Waals surface area contributed by atoms with Gasteiger partial charge >= 0.3 is 5.69 Å². The zero-order chi connectivity index (χ0) is 14.4. The Morgan fingerprint density at radius 2 is 1.81 bits per heavy atom. The molecule has 0 fully saturated rings. The van der Waals surface area contributed by atoms with Gasteiger partial charge < -0.3 is 21.0 Å². The van der Waals surface area contributed by atoms with E-state index in [1.165, 1.54) is 11.1 Å². The first-order chi connectivity index (χ1) is 10.2. The van der Waals surface area contributed by atoms with Gasteiger partial charge in [0.05, 0.1) is 17.1 Å². The van der Waals surface area contributed by atoms with E-state index >= 15 is 0 Å². The van der Waals surface area contributed by atoms with Gasteiger partial charge in [0.25, 0.3) is 0 Å². The highest BCUT2D eigenvalue weighted by atomic mass is 16.1. The predicted octanol–water partition coefficient (Wildman–Crippen LogP) is 2.41.